The minimum absolute atomic E-state index is 0.418. The van der Waals surface area contributed by atoms with Gasteiger partial charge in [-0.1, -0.05) is 24.3 Å². The summed E-state index contributed by atoms with van der Waals surface area (Å²) in [5.41, 5.74) is 10.3. The van der Waals surface area contributed by atoms with Crippen LogP contribution in [0.2, 0.25) is 0 Å². The first kappa shape index (κ1) is 11.3. The fourth-order valence-electron chi connectivity index (χ4n) is 2.28. The van der Waals surface area contributed by atoms with Crippen molar-refractivity contribution in [1.82, 2.24) is 10.2 Å². The van der Waals surface area contributed by atoms with Gasteiger partial charge in [0, 0.05) is 5.39 Å². The lowest BCUT2D eigenvalue weighted by Gasteiger charge is -2.07. The molecule has 2 aromatic carbocycles. The molecule has 3 rings (SSSR count). The number of hydrogen-bond donors (Lipinski definition) is 2. The summed E-state index contributed by atoms with van der Waals surface area (Å²) in [5, 5.41) is 16.8. The highest BCUT2D eigenvalue weighted by Crippen LogP contribution is 2.30. The molecule has 0 fully saturated rings. The third-order valence-corrected chi connectivity index (χ3v) is 3.28. The maximum atomic E-state index is 9.25. The third kappa shape index (κ3) is 1.72. The Morgan fingerprint density at radius 2 is 2.05 bits per heavy atom. The summed E-state index contributed by atoms with van der Waals surface area (Å²) in [5.74, 6) is 0.418. The van der Waals surface area contributed by atoms with Crippen molar-refractivity contribution < 1.29 is 0 Å². The zero-order valence-electron chi connectivity index (χ0n) is 10.4. The van der Waals surface area contributed by atoms with E-state index in [0.717, 1.165) is 22.1 Å². The summed E-state index contributed by atoms with van der Waals surface area (Å²) in [6.45, 7) is 2.05. The number of rotatable bonds is 1. The van der Waals surface area contributed by atoms with Gasteiger partial charge in [-0.3, -0.25) is 5.10 Å². The molecule has 0 radical (unpaired) electrons. The van der Waals surface area contributed by atoms with Gasteiger partial charge in [-0.15, -0.1) is 0 Å². The maximum absolute atomic E-state index is 9.25. The monoisotopic (exact) mass is 248 g/mol. The summed E-state index contributed by atoms with van der Waals surface area (Å²) in [4.78, 5) is 0. The quantitative estimate of drug-likeness (QED) is 0.694. The number of aryl methyl sites for hydroxylation is 1. The number of nitrogens with two attached hydrogens (primary N) is 1. The van der Waals surface area contributed by atoms with E-state index in [-0.39, 0.29) is 0 Å². The maximum Gasteiger partial charge on any atom is 0.153 e. The van der Waals surface area contributed by atoms with Gasteiger partial charge in [-0.25, -0.2) is 0 Å². The molecular formula is C15H12N4. The molecule has 0 saturated carbocycles. The van der Waals surface area contributed by atoms with Crippen LogP contribution < -0.4 is 5.73 Å². The molecule has 0 aliphatic heterocycles. The standard InChI is InChI=1S/C15H12N4/c1-9-4-2-3-5-12(9)10-6-11(8-16)14-13(7-10)15(17)19-18-14/h2-7H,1H3,(H3,17,18,19). The topological polar surface area (TPSA) is 78.5 Å². The number of nitrogen functional groups attached to an aromatic ring is 1. The Hall–Kier alpha value is -2.80. The lowest BCUT2D eigenvalue weighted by Crippen LogP contribution is -1.88. The molecule has 3 N–H and O–H groups in total. The lowest BCUT2D eigenvalue weighted by molar-refractivity contribution is 1.12. The zero-order chi connectivity index (χ0) is 13.4. The highest BCUT2D eigenvalue weighted by Gasteiger charge is 2.11. The number of aromatic amines is 1. The van der Waals surface area contributed by atoms with E-state index >= 15 is 0 Å². The Morgan fingerprint density at radius 1 is 1.26 bits per heavy atom. The van der Waals surface area contributed by atoms with Crippen LogP contribution in [0.5, 0.6) is 0 Å². The molecule has 1 aromatic heterocycles. The second-order valence-corrected chi connectivity index (χ2v) is 4.48. The molecule has 0 spiro atoms. The Kier molecular flexibility index (Phi) is 2.46. The van der Waals surface area contributed by atoms with Gasteiger partial charge in [0.2, 0.25) is 0 Å². The average Bonchev–Trinajstić information content (AvgIpc) is 2.80. The number of hydrogen-bond acceptors (Lipinski definition) is 3. The van der Waals surface area contributed by atoms with Crippen LogP contribution in [0.15, 0.2) is 36.4 Å². The Bertz CT molecular complexity index is 809. The van der Waals surface area contributed by atoms with Crippen LogP contribution in [0.1, 0.15) is 11.1 Å². The van der Waals surface area contributed by atoms with Crippen molar-refractivity contribution >= 4 is 16.7 Å². The van der Waals surface area contributed by atoms with Crippen LogP contribution in [-0.4, -0.2) is 10.2 Å². The summed E-state index contributed by atoms with van der Waals surface area (Å²) in [6, 6.07) is 14.1. The Morgan fingerprint density at radius 3 is 2.79 bits per heavy atom. The van der Waals surface area contributed by atoms with Gasteiger partial charge in [-0.05, 0) is 35.7 Å². The van der Waals surface area contributed by atoms with E-state index in [0.29, 0.717) is 16.9 Å². The third-order valence-electron chi connectivity index (χ3n) is 3.28. The first-order valence-electron chi connectivity index (χ1n) is 5.94. The highest BCUT2D eigenvalue weighted by atomic mass is 15.1. The average molecular weight is 248 g/mol. The summed E-state index contributed by atoms with van der Waals surface area (Å²) in [6.07, 6.45) is 0. The van der Waals surface area contributed by atoms with Crippen molar-refractivity contribution in [3.63, 3.8) is 0 Å². The van der Waals surface area contributed by atoms with Crippen LogP contribution >= 0.6 is 0 Å². The number of H-pyrrole nitrogens is 1. The van der Waals surface area contributed by atoms with Crippen LogP contribution in [0, 0.1) is 18.3 Å². The Labute approximate surface area is 110 Å². The molecule has 0 aliphatic carbocycles. The summed E-state index contributed by atoms with van der Waals surface area (Å²) < 4.78 is 0. The van der Waals surface area contributed by atoms with Crippen molar-refractivity contribution in [1.29, 1.82) is 5.26 Å². The molecule has 0 aliphatic rings. The number of benzene rings is 2. The normalized spacial score (nSPS) is 10.5. The fourth-order valence-corrected chi connectivity index (χ4v) is 2.28. The van der Waals surface area contributed by atoms with E-state index in [1.807, 2.05) is 43.3 Å². The molecule has 0 bridgehead atoms. The molecule has 19 heavy (non-hydrogen) atoms. The minimum Gasteiger partial charge on any atom is -0.382 e. The van der Waals surface area contributed by atoms with Gasteiger partial charge in [0.1, 0.15) is 6.07 Å². The molecule has 0 atom stereocenters. The second-order valence-electron chi connectivity index (χ2n) is 4.48. The van der Waals surface area contributed by atoms with E-state index in [4.69, 9.17) is 5.73 Å². The van der Waals surface area contributed by atoms with Crippen molar-refractivity contribution in [2.24, 2.45) is 0 Å². The van der Waals surface area contributed by atoms with Gasteiger partial charge in [-0.2, -0.15) is 10.4 Å². The molecule has 0 unspecified atom stereocenters. The lowest BCUT2D eigenvalue weighted by atomic mass is 9.97. The first-order chi connectivity index (χ1) is 9.20. The zero-order valence-corrected chi connectivity index (χ0v) is 10.4. The van der Waals surface area contributed by atoms with E-state index in [2.05, 4.69) is 16.3 Å². The number of nitrogens with one attached hydrogen (secondary N) is 1. The van der Waals surface area contributed by atoms with Gasteiger partial charge in [0.25, 0.3) is 0 Å². The molecular weight excluding hydrogens is 236 g/mol. The summed E-state index contributed by atoms with van der Waals surface area (Å²) >= 11 is 0. The number of fused-ring (bicyclic) bond motifs is 1. The van der Waals surface area contributed by atoms with Gasteiger partial charge < -0.3 is 5.73 Å². The van der Waals surface area contributed by atoms with E-state index in [1.54, 1.807) is 0 Å². The minimum atomic E-state index is 0.418. The van der Waals surface area contributed by atoms with Crippen molar-refractivity contribution in [3.05, 3.63) is 47.5 Å². The van der Waals surface area contributed by atoms with Gasteiger partial charge >= 0.3 is 0 Å². The molecule has 4 nitrogen and oxygen atoms in total. The highest BCUT2D eigenvalue weighted by molar-refractivity contribution is 5.96. The summed E-state index contributed by atoms with van der Waals surface area (Å²) in [7, 11) is 0. The molecule has 1 heterocycles. The number of nitriles is 1. The van der Waals surface area contributed by atoms with E-state index in [1.165, 1.54) is 0 Å². The molecule has 4 heteroatoms. The van der Waals surface area contributed by atoms with E-state index in [9.17, 15) is 5.26 Å². The van der Waals surface area contributed by atoms with Crippen molar-refractivity contribution in [2.75, 3.05) is 5.73 Å². The fraction of sp³-hybridized carbons (Fsp3) is 0.0667. The predicted octanol–water partition coefficient (Wildman–Crippen LogP) is 2.99. The SMILES string of the molecule is Cc1ccccc1-c1cc(C#N)c2[nH]nc(N)c2c1. The molecule has 3 aromatic rings. The van der Waals surface area contributed by atoms with Crippen LogP contribution in [-0.2, 0) is 0 Å². The smallest absolute Gasteiger partial charge is 0.153 e. The van der Waals surface area contributed by atoms with Crippen molar-refractivity contribution in [3.8, 4) is 17.2 Å². The molecule has 0 amide bonds. The van der Waals surface area contributed by atoms with Crippen LogP contribution in [0.25, 0.3) is 22.0 Å². The molecule has 92 valence electrons. The number of anilines is 1. The van der Waals surface area contributed by atoms with Crippen LogP contribution in [0.4, 0.5) is 5.82 Å². The van der Waals surface area contributed by atoms with Gasteiger partial charge in [0.05, 0.1) is 11.1 Å². The van der Waals surface area contributed by atoms with Gasteiger partial charge in [0.15, 0.2) is 5.82 Å². The second kappa shape index (κ2) is 4.14. The molecule has 0 saturated heterocycles. The number of nitrogens with zero attached hydrogens (tertiary/aromatic N) is 2. The van der Waals surface area contributed by atoms with Crippen LogP contribution in [0.3, 0.4) is 0 Å². The largest absolute Gasteiger partial charge is 0.382 e. The van der Waals surface area contributed by atoms with Crippen molar-refractivity contribution in [2.45, 2.75) is 6.92 Å². The predicted molar refractivity (Wildman–Crippen MR) is 75.4 cm³/mol. The Balaban J connectivity index is 2.35. The first-order valence-corrected chi connectivity index (χ1v) is 5.94. The van der Waals surface area contributed by atoms with E-state index < -0.39 is 0 Å². The number of aromatic nitrogens is 2.